The molecule has 26 heavy (non-hydrogen) atoms. The fraction of sp³-hybridized carbons (Fsp3) is 0.333. The second-order valence-corrected chi connectivity index (χ2v) is 7.08. The highest BCUT2D eigenvalue weighted by molar-refractivity contribution is 5.94. The van der Waals surface area contributed by atoms with Crippen LogP contribution in [0.25, 0.3) is 11.1 Å². The molecule has 132 valence electrons. The quantitative estimate of drug-likeness (QED) is 0.891. The van der Waals surface area contributed by atoms with Gasteiger partial charge in [-0.1, -0.05) is 18.2 Å². The Labute approximate surface area is 152 Å². The van der Waals surface area contributed by atoms with Crippen LogP contribution in [0.4, 0.5) is 11.4 Å². The lowest BCUT2D eigenvalue weighted by molar-refractivity contribution is -0.117. The molecule has 1 saturated heterocycles. The highest BCUT2D eigenvalue weighted by atomic mass is 16.3. The summed E-state index contributed by atoms with van der Waals surface area (Å²) in [6.07, 6.45) is 2.36. The Balaban J connectivity index is 1.59. The molecule has 2 aromatic carbocycles. The molecule has 0 aromatic heterocycles. The number of β-amino-alcohol motifs (C(OH)–C–C–N with tert-alkyl or cyclic N) is 1. The fourth-order valence-corrected chi connectivity index (χ4v) is 3.41. The second-order valence-electron chi connectivity index (χ2n) is 7.08. The minimum Gasteiger partial charge on any atom is -0.391 e. The molecule has 1 aliphatic carbocycles. The molecule has 1 aliphatic heterocycles. The summed E-state index contributed by atoms with van der Waals surface area (Å²) in [5.74, 6) is 0.252. The van der Waals surface area contributed by atoms with Crippen molar-refractivity contribution in [3.63, 3.8) is 0 Å². The number of carbonyl (C=O) groups excluding carboxylic acids is 1. The first-order chi connectivity index (χ1) is 12.6. The predicted octanol–water partition coefficient (Wildman–Crippen LogP) is 3.14. The number of hydrogen-bond acceptors (Lipinski definition) is 4. The number of hydrogen-bond donors (Lipinski definition) is 2. The number of rotatable bonds is 4. The van der Waals surface area contributed by atoms with Gasteiger partial charge in [-0.3, -0.25) is 4.79 Å². The number of nitriles is 1. The molecule has 1 saturated carbocycles. The summed E-state index contributed by atoms with van der Waals surface area (Å²) >= 11 is 0. The van der Waals surface area contributed by atoms with Gasteiger partial charge in [-0.2, -0.15) is 5.26 Å². The first kappa shape index (κ1) is 16.6. The molecule has 5 heteroatoms. The molecule has 0 spiro atoms. The predicted molar refractivity (Wildman–Crippen MR) is 101 cm³/mol. The minimum absolute atomic E-state index is 0.0859. The van der Waals surface area contributed by atoms with E-state index in [9.17, 15) is 15.2 Å². The molecular formula is C21H21N3O2. The Bertz CT molecular complexity index is 883. The van der Waals surface area contributed by atoms with E-state index >= 15 is 0 Å². The summed E-state index contributed by atoms with van der Waals surface area (Å²) in [5, 5.41) is 22.3. The van der Waals surface area contributed by atoms with Crippen molar-refractivity contribution in [2.75, 3.05) is 23.3 Å². The zero-order chi connectivity index (χ0) is 18.1. The van der Waals surface area contributed by atoms with Crippen LogP contribution in [-0.2, 0) is 4.79 Å². The smallest absolute Gasteiger partial charge is 0.227 e. The maximum absolute atomic E-state index is 12.0. The number of carbonyl (C=O) groups is 1. The maximum atomic E-state index is 12.0. The Hall–Kier alpha value is -2.84. The topological polar surface area (TPSA) is 76.4 Å². The summed E-state index contributed by atoms with van der Waals surface area (Å²) in [6.45, 7) is 1.33. The molecule has 2 N–H and O–H groups in total. The molecule has 2 fully saturated rings. The van der Waals surface area contributed by atoms with E-state index in [4.69, 9.17) is 0 Å². The summed E-state index contributed by atoms with van der Waals surface area (Å²) in [5.41, 5.74) is 4.15. The van der Waals surface area contributed by atoms with Gasteiger partial charge in [0.1, 0.15) is 6.07 Å². The van der Waals surface area contributed by atoms with Gasteiger partial charge < -0.3 is 15.3 Å². The van der Waals surface area contributed by atoms with Crippen molar-refractivity contribution >= 4 is 17.3 Å². The standard InChI is InChI=1S/C21H21N3O2/c22-12-17-10-16(6-7-20(17)24-9-8-19(25)13-24)15-2-1-3-18(11-15)23-21(26)14-4-5-14/h1-3,6-7,10-11,14,19,25H,4-5,8-9,13H2,(H,23,26)/t19-/m0/s1. The molecule has 1 heterocycles. The number of benzene rings is 2. The van der Waals surface area contributed by atoms with Crippen LogP contribution in [0.5, 0.6) is 0 Å². The average molecular weight is 347 g/mol. The summed E-state index contributed by atoms with van der Waals surface area (Å²) in [7, 11) is 0. The average Bonchev–Trinajstić information content (AvgIpc) is 3.43. The Morgan fingerprint density at radius 1 is 1.15 bits per heavy atom. The second kappa shape index (κ2) is 6.81. The van der Waals surface area contributed by atoms with E-state index in [1.165, 1.54) is 0 Å². The molecule has 4 rings (SSSR count). The van der Waals surface area contributed by atoms with Crippen LogP contribution in [0.3, 0.4) is 0 Å². The van der Waals surface area contributed by atoms with Crippen LogP contribution in [0, 0.1) is 17.2 Å². The van der Waals surface area contributed by atoms with Crippen molar-refractivity contribution in [2.24, 2.45) is 5.92 Å². The van der Waals surface area contributed by atoms with E-state index in [-0.39, 0.29) is 17.9 Å². The van der Waals surface area contributed by atoms with E-state index in [0.29, 0.717) is 12.1 Å². The minimum atomic E-state index is -0.326. The van der Waals surface area contributed by atoms with Gasteiger partial charge in [-0.05, 0) is 54.7 Å². The van der Waals surface area contributed by atoms with Crippen molar-refractivity contribution in [3.05, 3.63) is 48.0 Å². The van der Waals surface area contributed by atoms with Gasteiger partial charge in [0.15, 0.2) is 0 Å². The first-order valence-electron chi connectivity index (χ1n) is 9.02. The molecular weight excluding hydrogens is 326 g/mol. The van der Waals surface area contributed by atoms with Crippen molar-refractivity contribution in [1.82, 2.24) is 0 Å². The lowest BCUT2D eigenvalue weighted by Gasteiger charge is -2.20. The van der Waals surface area contributed by atoms with Crippen LogP contribution in [-0.4, -0.2) is 30.2 Å². The molecule has 0 bridgehead atoms. The lowest BCUT2D eigenvalue weighted by atomic mass is 10.0. The zero-order valence-electron chi connectivity index (χ0n) is 14.5. The van der Waals surface area contributed by atoms with E-state index in [2.05, 4.69) is 16.3 Å². The fourth-order valence-electron chi connectivity index (χ4n) is 3.41. The molecule has 0 unspecified atom stereocenters. The van der Waals surface area contributed by atoms with E-state index in [1.54, 1.807) is 0 Å². The summed E-state index contributed by atoms with van der Waals surface area (Å²) in [6, 6.07) is 15.8. The van der Waals surface area contributed by atoms with Crippen molar-refractivity contribution in [2.45, 2.75) is 25.4 Å². The van der Waals surface area contributed by atoms with Gasteiger partial charge in [0.25, 0.3) is 0 Å². The molecule has 1 amide bonds. The Kier molecular flexibility index (Phi) is 4.36. The third kappa shape index (κ3) is 3.42. The van der Waals surface area contributed by atoms with Crippen molar-refractivity contribution in [1.29, 1.82) is 5.26 Å². The third-order valence-corrected chi connectivity index (χ3v) is 5.03. The van der Waals surface area contributed by atoms with Crippen LogP contribution in [0.2, 0.25) is 0 Å². The SMILES string of the molecule is N#Cc1cc(-c2cccc(NC(=O)C3CC3)c2)ccc1N1CC[C@H](O)C1. The van der Waals surface area contributed by atoms with Crippen molar-refractivity contribution < 1.29 is 9.90 Å². The van der Waals surface area contributed by atoms with E-state index in [0.717, 1.165) is 48.3 Å². The number of amides is 1. The third-order valence-electron chi connectivity index (χ3n) is 5.03. The lowest BCUT2D eigenvalue weighted by Crippen LogP contribution is -2.22. The number of anilines is 2. The maximum Gasteiger partial charge on any atom is 0.227 e. The van der Waals surface area contributed by atoms with Gasteiger partial charge in [-0.25, -0.2) is 0 Å². The number of nitrogens with zero attached hydrogens (tertiary/aromatic N) is 2. The highest BCUT2D eigenvalue weighted by Crippen LogP contribution is 2.32. The van der Waals surface area contributed by atoms with Gasteiger partial charge in [0, 0.05) is 24.7 Å². The van der Waals surface area contributed by atoms with Crippen LogP contribution in [0.1, 0.15) is 24.8 Å². The molecule has 0 radical (unpaired) electrons. The normalized spacial score (nSPS) is 19.2. The van der Waals surface area contributed by atoms with Gasteiger partial charge in [0.05, 0.1) is 17.4 Å². The molecule has 2 aromatic rings. The van der Waals surface area contributed by atoms with Gasteiger partial charge in [0.2, 0.25) is 5.91 Å². The highest BCUT2D eigenvalue weighted by Gasteiger charge is 2.29. The molecule has 1 atom stereocenters. The molecule has 2 aliphatic rings. The van der Waals surface area contributed by atoms with E-state index < -0.39 is 0 Å². The number of nitrogens with one attached hydrogen (secondary N) is 1. The zero-order valence-corrected chi connectivity index (χ0v) is 14.5. The van der Waals surface area contributed by atoms with Crippen molar-refractivity contribution in [3.8, 4) is 17.2 Å². The monoisotopic (exact) mass is 347 g/mol. The number of aliphatic hydroxyl groups excluding tert-OH is 1. The van der Waals surface area contributed by atoms with E-state index in [1.807, 2.05) is 42.5 Å². The first-order valence-corrected chi connectivity index (χ1v) is 9.02. The van der Waals surface area contributed by atoms with Crippen LogP contribution >= 0.6 is 0 Å². The molecule has 5 nitrogen and oxygen atoms in total. The Morgan fingerprint density at radius 3 is 2.65 bits per heavy atom. The van der Waals surface area contributed by atoms with Crippen LogP contribution < -0.4 is 10.2 Å². The van der Waals surface area contributed by atoms with Gasteiger partial charge in [-0.15, -0.1) is 0 Å². The number of aliphatic hydroxyl groups is 1. The summed E-state index contributed by atoms with van der Waals surface area (Å²) < 4.78 is 0. The van der Waals surface area contributed by atoms with Gasteiger partial charge >= 0.3 is 0 Å². The summed E-state index contributed by atoms with van der Waals surface area (Å²) in [4.78, 5) is 14.0. The van der Waals surface area contributed by atoms with Crippen LogP contribution in [0.15, 0.2) is 42.5 Å². The largest absolute Gasteiger partial charge is 0.391 e. The Morgan fingerprint density at radius 2 is 1.96 bits per heavy atom.